The van der Waals surface area contributed by atoms with Crippen molar-refractivity contribution in [1.82, 2.24) is 9.80 Å². The van der Waals surface area contributed by atoms with E-state index in [1.807, 2.05) is 6.07 Å². The van der Waals surface area contributed by atoms with Gasteiger partial charge in [0.25, 0.3) is 0 Å². The Kier molecular flexibility index (Phi) is 3.75. The summed E-state index contributed by atoms with van der Waals surface area (Å²) in [6, 6.07) is 7.93. The molecule has 0 spiro atoms. The minimum atomic E-state index is -1.08. The maximum atomic E-state index is 11.2. The molecule has 1 unspecified atom stereocenters. The van der Waals surface area contributed by atoms with Crippen LogP contribution in [0.3, 0.4) is 0 Å². The largest absolute Gasteiger partial charge is 0.465 e. The minimum absolute atomic E-state index is 0.0908. The van der Waals surface area contributed by atoms with Gasteiger partial charge < -0.3 is 15.1 Å². The number of carbonyl (C=O) groups is 2. The third-order valence-electron chi connectivity index (χ3n) is 3.32. The van der Waals surface area contributed by atoms with Crippen molar-refractivity contribution in [2.75, 3.05) is 19.6 Å². The van der Waals surface area contributed by atoms with E-state index in [1.54, 1.807) is 24.3 Å². The smallest absolute Gasteiger partial charge is 0.407 e. The normalized spacial score (nSPS) is 18.4. The lowest BCUT2D eigenvalue weighted by Gasteiger charge is -2.38. The van der Waals surface area contributed by atoms with Crippen LogP contribution in [0.2, 0.25) is 0 Å². The number of nitriles is 1. The van der Waals surface area contributed by atoms with Gasteiger partial charge in [0.2, 0.25) is 0 Å². The first-order valence-corrected chi connectivity index (χ1v) is 6.00. The van der Waals surface area contributed by atoms with Crippen LogP contribution in [0.1, 0.15) is 17.2 Å². The Labute approximate surface area is 115 Å². The van der Waals surface area contributed by atoms with Crippen molar-refractivity contribution in [3.05, 3.63) is 35.4 Å². The number of hydrogen-bond acceptors (Lipinski definition) is 3. The molecule has 0 saturated carbocycles. The lowest BCUT2D eigenvalue weighted by Crippen LogP contribution is -2.51. The highest BCUT2D eigenvalue weighted by molar-refractivity contribution is 5.68. The Morgan fingerprint density at radius 3 is 2.30 bits per heavy atom. The molecule has 20 heavy (non-hydrogen) atoms. The summed E-state index contributed by atoms with van der Waals surface area (Å²) < 4.78 is 0. The Morgan fingerprint density at radius 1 is 1.15 bits per heavy atom. The summed E-state index contributed by atoms with van der Waals surface area (Å²) in [5.74, 6) is 0. The first-order valence-electron chi connectivity index (χ1n) is 6.00. The van der Waals surface area contributed by atoms with Crippen molar-refractivity contribution >= 4 is 12.2 Å². The van der Waals surface area contributed by atoms with Gasteiger partial charge >= 0.3 is 12.2 Å². The number of piperazine rings is 1. The predicted molar refractivity (Wildman–Crippen MR) is 68.2 cm³/mol. The molecule has 0 radical (unpaired) electrons. The molecule has 2 amide bonds. The van der Waals surface area contributed by atoms with Crippen molar-refractivity contribution in [2.24, 2.45) is 0 Å². The molecule has 7 nitrogen and oxygen atoms in total. The van der Waals surface area contributed by atoms with Gasteiger partial charge in [-0.15, -0.1) is 0 Å². The SMILES string of the molecule is N#Cc1ccc(C2CN(C(=O)O)CCN2C(=O)O)cc1. The number of nitrogens with zero attached hydrogens (tertiary/aromatic N) is 3. The van der Waals surface area contributed by atoms with Crippen LogP contribution in [0, 0.1) is 11.3 Å². The molecule has 1 aromatic rings. The summed E-state index contributed by atoms with van der Waals surface area (Å²) in [5, 5.41) is 27.0. The van der Waals surface area contributed by atoms with Crippen LogP contribution in [0.15, 0.2) is 24.3 Å². The molecule has 0 aliphatic carbocycles. The van der Waals surface area contributed by atoms with Crippen molar-refractivity contribution in [1.29, 1.82) is 5.26 Å². The van der Waals surface area contributed by atoms with Crippen molar-refractivity contribution in [3.8, 4) is 6.07 Å². The van der Waals surface area contributed by atoms with Crippen molar-refractivity contribution < 1.29 is 19.8 Å². The molecular formula is C13H13N3O4. The number of hydrogen-bond donors (Lipinski definition) is 2. The Morgan fingerprint density at radius 2 is 1.80 bits per heavy atom. The van der Waals surface area contributed by atoms with Gasteiger partial charge in [0.05, 0.1) is 17.7 Å². The van der Waals surface area contributed by atoms with Crippen molar-refractivity contribution in [2.45, 2.75) is 6.04 Å². The maximum Gasteiger partial charge on any atom is 0.407 e. The summed E-state index contributed by atoms with van der Waals surface area (Å²) >= 11 is 0. The lowest BCUT2D eigenvalue weighted by atomic mass is 10.0. The minimum Gasteiger partial charge on any atom is -0.465 e. The summed E-state index contributed by atoms with van der Waals surface area (Å²) in [6.45, 7) is 0.383. The third kappa shape index (κ3) is 2.64. The number of benzene rings is 1. The van der Waals surface area contributed by atoms with Crippen LogP contribution in [0.4, 0.5) is 9.59 Å². The van der Waals surface area contributed by atoms with E-state index in [4.69, 9.17) is 10.4 Å². The number of carboxylic acid groups (broad SMARTS) is 2. The molecule has 2 rings (SSSR count). The zero-order valence-corrected chi connectivity index (χ0v) is 10.6. The number of rotatable bonds is 1. The highest BCUT2D eigenvalue weighted by Gasteiger charge is 2.33. The van der Waals surface area contributed by atoms with Crippen LogP contribution in [-0.2, 0) is 0 Å². The molecule has 0 aromatic heterocycles. The lowest BCUT2D eigenvalue weighted by molar-refractivity contribution is 0.0635. The fourth-order valence-electron chi connectivity index (χ4n) is 2.25. The van der Waals surface area contributed by atoms with Gasteiger partial charge in [0.1, 0.15) is 0 Å². The van der Waals surface area contributed by atoms with E-state index in [9.17, 15) is 14.7 Å². The molecule has 1 aliphatic rings. The van der Waals surface area contributed by atoms with Crippen LogP contribution in [0.25, 0.3) is 0 Å². The van der Waals surface area contributed by atoms with Gasteiger partial charge in [0.15, 0.2) is 0 Å². The summed E-state index contributed by atoms with van der Waals surface area (Å²) in [6.07, 6.45) is -2.14. The molecular weight excluding hydrogens is 262 g/mol. The van der Waals surface area contributed by atoms with E-state index in [-0.39, 0.29) is 19.6 Å². The van der Waals surface area contributed by atoms with Crippen molar-refractivity contribution in [3.63, 3.8) is 0 Å². The van der Waals surface area contributed by atoms with Gasteiger partial charge in [-0.1, -0.05) is 12.1 Å². The molecule has 1 saturated heterocycles. The zero-order valence-electron chi connectivity index (χ0n) is 10.6. The van der Waals surface area contributed by atoms with Gasteiger partial charge in [-0.05, 0) is 17.7 Å². The van der Waals surface area contributed by atoms with Crippen LogP contribution in [0.5, 0.6) is 0 Å². The summed E-state index contributed by atoms with van der Waals surface area (Å²) in [5.41, 5.74) is 1.15. The second-order valence-electron chi connectivity index (χ2n) is 4.45. The van der Waals surface area contributed by atoms with E-state index < -0.39 is 18.2 Å². The van der Waals surface area contributed by atoms with Gasteiger partial charge in [-0.2, -0.15) is 5.26 Å². The summed E-state index contributed by atoms with van der Waals surface area (Å²) in [7, 11) is 0. The standard InChI is InChI=1S/C13H13N3O4/c14-7-9-1-3-10(4-2-9)11-8-15(12(17)18)5-6-16(11)13(19)20/h1-4,11H,5-6,8H2,(H,17,18)(H,19,20). The molecule has 1 heterocycles. The van der Waals surface area contributed by atoms with E-state index in [1.165, 1.54) is 9.80 Å². The van der Waals surface area contributed by atoms with Gasteiger partial charge in [-0.25, -0.2) is 9.59 Å². The first kappa shape index (κ1) is 13.7. The monoisotopic (exact) mass is 275 g/mol. The molecule has 2 N–H and O–H groups in total. The average Bonchev–Trinajstić information content (AvgIpc) is 2.46. The molecule has 1 atom stereocenters. The molecule has 7 heteroatoms. The second-order valence-corrected chi connectivity index (χ2v) is 4.45. The molecule has 1 aromatic carbocycles. The fourth-order valence-corrected chi connectivity index (χ4v) is 2.25. The Balaban J connectivity index is 2.28. The first-order chi connectivity index (χ1) is 9.52. The highest BCUT2D eigenvalue weighted by atomic mass is 16.4. The second kappa shape index (κ2) is 5.48. The highest BCUT2D eigenvalue weighted by Crippen LogP contribution is 2.25. The Hall–Kier alpha value is -2.75. The zero-order chi connectivity index (χ0) is 14.7. The maximum absolute atomic E-state index is 11.2. The van der Waals surface area contributed by atoms with Gasteiger partial charge in [0, 0.05) is 19.6 Å². The topological polar surface area (TPSA) is 105 Å². The third-order valence-corrected chi connectivity index (χ3v) is 3.32. The molecule has 1 fully saturated rings. The average molecular weight is 275 g/mol. The predicted octanol–water partition coefficient (Wildman–Crippen LogP) is 1.57. The van der Waals surface area contributed by atoms with Crippen LogP contribution >= 0.6 is 0 Å². The quantitative estimate of drug-likeness (QED) is 0.809. The van der Waals surface area contributed by atoms with Crippen LogP contribution < -0.4 is 0 Å². The van der Waals surface area contributed by atoms with E-state index >= 15 is 0 Å². The Bertz CT molecular complexity index is 564. The van der Waals surface area contributed by atoms with E-state index in [2.05, 4.69) is 0 Å². The van der Waals surface area contributed by atoms with E-state index in [0.29, 0.717) is 11.1 Å². The number of amides is 2. The van der Waals surface area contributed by atoms with E-state index in [0.717, 1.165) is 0 Å². The molecule has 1 aliphatic heterocycles. The fraction of sp³-hybridized carbons (Fsp3) is 0.308. The molecule has 0 bridgehead atoms. The summed E-state index contributed by atoms with van der Waals surface area (Å²) in [4.78, 5) is 24.7. The van der Waals surface area contributed by atoms with Gasteiger partial charge in [-0.3, -0.25) is 4.90 Å². The molecule has 104 valence electrons. The van der Waals surface area contributed by atoms with Crippen LogP contribution in [-0.4, -0.2) is 51.8 Å².